The van der Waals surface area contributed by atoms with Gasteiger partial charge in [0.1, 0.15) is 0 Å². The number of carbonyl (C=O) groups is 1. The Bertz CT molecular complexity index is 1100. The Morgan fingerprint density at radius 1 is 1.21 bits per heavy atom. The molecule has 0 bridgehead atoms. The van der Waals surface area contributed by atoms with Crippen LogP contribution in [0.2, 0.25) is 0 Å². The van der Waals surface area contributed by atoms with Crippen molar-refractivity contribution in [2.45, 2.75) is 52.2 Å². The van der Waals surface area contributed by atoms with Crippen LogP contribution in [0.15, 0.2) is 42.5 Å². The number of nitriles is 1. The van der Waals surface area contributed by atoms with E-state index in [-0.39, 0.29) is 17.9 Å². The van der Waals surface area contributed by atoms with E-state index in [1.54, 1.807) is 25.1 Å². The molecular formula is C23H26N4O2. The number of imidazole rings is 1. The fourth-order valence-electron chi connectivity index (χ4n) is 3.49. The van der Waals surface area contributed by atoms with E-state index in [9.17, 15) is 15.2 Å². The number of aromatic nitrogens is 2. The number of nitrogens with one attached hydrogen (secondary N) is 1. The number of amides is 1. The summed E-state index contributed by atoms with van der Waals surface area (Å²) < 4.78 is 1.91. The minimum atomic E-state index is -1.30. The van der Waals surface area contributed by atoms with Gasteiger partial charge in [-0.1, -0.05) is 30.3 Å². The first-order valence-corrected chi connectivity index (χ1v) is 9.54. The summed E-state index contributed by atoms with van der Waals surface area (Å²) in [6, 6.07) is 15.0. The Kier molecular flexibility index (Phi) is 5.20. The van der Waals surface area contributed by atoms with E-state index in [0.717, 1.165) is 11.1 Å². The standard InChI is InChI=1S/C23H26N4O2/c1-15-11-18-19(12-16(15)14-24)27(22(2,3)4)21(25-18)26-20(28)13-23(5,29)17-9-7-6-8-10-17/h6-12,29H,13H2,1-5H3,(H,25,26,28)/t23-/m0/s1. The summed E-state index contributed by atoms with van der Waals surface area (Å²) in [7, 11) is 0. The van der Waals surface area contributed by atoms with Gasteiger partial charge in [0.25, 0.3) is 0 Å². The SMILES string of the molecule is Cc1cc2nc(NC(=O)C[C@](C)(O)c3ccccc3)n(C(C)(C)C)c2cc1C#N. The van der Waals surface area contributed by atoms with Crippen LogP contribution in [-0.4, -0.2) is 20.6 Å². The molecule has 6 nitrogen and oxygen atoms in total. The molecule has 0 aliphatic heterocycles. The van der Waals surface area contributed by atoms with Crippen LogP contribution in [-0.2, 0) is 15.9 Å². The fraction of sp³-hybridized carbons (Fsp3) is 0.348. The Morgan fingerprint density at radius 3 is 2.45 bits per heavy atom. The molecule has 150 valence electrons. The highest BCUT2D eigenvalue weighted by Gasteiger charge is 2.29. The van der Waals surface area contributed by atoms with Crippen molar-refractivity contribution in [3.05, 3.63) is 59.2 Å². The Labute approximate surface area is 170 Å². The molecule has 3 rings (SSSR count). The molecule has 0 fully saturated rings. The summed E-state index contributed by atoms with van der Waals surface area (Å²) in [5, 5.41) is 23.0. The second kappa shape index (κ2) is 7.34. The number of nitrogens with zero attached hydrogens (tertiary/aromatic N) is 3. The van der Waals surface area contributed by atoms with E-state index in [0.29, 0.717) is 22.6 Å². The monoisotopic (exact) mass is 390 g/mol. The van der Waals surface area contributed by atoms with Crippen molar-refractivity contribution in [3.8, 4) is 6.07 Å². The largest absolute Gasteiger partial charge is 0.385 e. The maximum atomic E-state index is 12.8. The van der Waals surface area contributed by atoms with Crippen molar-refractivity contribution in [1.82, 2.24) is 9.55 Å². The second-order valence-corrected chi connectivity index (χ2v) is 8.57. The van der Waals surface area contributed by atoms with Gasteiger partial charge in [0.15, 0.2) is 0 Å². The van der Waals surface area contributed by atoms with Gasteiger partial charge in [0, 0.05) is 5.54 Å². The lowest BCUT2D eigenvalue weighted by molar-refractivity contribution is -0.120. The van der Waals surface area contributed by atoms with Crippen molar-refractivity contribution >= 4 is 22.9 Å². The quantitative estimate of drug-likeness (QED) is 0.698. The van der Waals surface area contributed by atoms with E-state index in [4.69, 9.17) is 0 Å². The molecule has 0 saturated heterocycles. The first-order valence-electron chi connectivity index (χ1n) is 9.54. The summed E-state index contributed by atoms with van der Waals surface area (Å²) in [5.41, 5.74) is 1.91. The fourth-order valence-corrected chi connectivity index (χ4v) is 3.49. The molecule has 0 radical (unpaired) electrons. The lowest BCUT2D eigenvalue weighted by Gasteiger charge is -2.26. The molecule has 0 saturated carbocycles. The number of aryl methyl sites for hydroxylation is 1. The molecule has 1 amide bonds. The van der Waals surface area contributed by atoms with Gasteiger partial charge in [-0.3, -0.25) is 10.1 Å². The Hall–Kier alpha value is -3.17. The third-order valence-electron chi connectivity index (χ3n) is 4.94. The third kappa shape index (κ3) is 4.15. The highest BCUT2D eigenvalue weighted by atomic mass is 16.3. The van der Waals surface area contributed by atoms with Gasteiger partial charge in [0.05, 0.1) is 34.7 Å². The van der Waals surface area contributed by atoms with Gasteiger partial charge in [-0.25, -0.2) is 4.98 Å². The number of fused-ring (bicyclic) bond motifs is 1. The first-order chi connectivity index (χ1) is 13.5. The van der Waals surface area contributed by atoms with E-state index in [1.165, 1.54) is 0 Å². The molecule has 0 aliphatic rings. The van der Waals surface area contributed by atoms with Crippen LogP contribution in [0, 0.1) is 18.3 Å². The topological polar surface area (TPSA) is 90.9 Å². The van der Waals surface area contributed by atoms with Crippen LogP contribution in [0.1, 0.15) is 50.8 Å². The van der Waals surface area contributed by atoms with E-state index in [1.807, 2.05) is 56.5 Å². The van der Waals surface area contributed by atoms with Gasteiger partial charge < -0.3 is 9.67 Å². The van der Waals surface area contributed by atoms with E-state index >= 15 is 0 Å². The first kappa shape index (κ1) is 20.6. The number of anilines is 1. The minimum absolute atomic E-state index is 0.104. The van der Waals surface area contributed by atoms with E-state index < -0.39 is 5.60 Å². The van der Waals surface area contributed by atoms with E-state index in [2.05, 4.69) is 16.4 Å². The zero-order valence-corrected chi connectivity index (χ0v) is 17.4. The predicted octanol–water partition coefficient (Wildman–Crippen LogP) is 4.21. The molecule has 3 aromatic rings. The Morgan fingerprint density at radius 2 is 1.86 bits per heavy atom. The van der Waals surface area contributed by atoms with Gasteiger partial charge in [-0.15, -0.1) is 0 Å². The molecule has 2 aromatic carbocycles. The van der Waals surface area contributed by atoms with Crippen molar-refractivity contribution in [1.29, 1.82) is 5.26 Å². The van der Waals surface area contributed by atoms with Crippen molar-refractivity contribution in [2.75, 3.05) is 5.32 Å². The molecule has 1 aromatic heterocycles. The molecule has 0 spiro atoms. The molecule has 0 unspecified atom stereocenters. The zero-order valence-electron chi connectivity index (χ0n) is 17.4. The lowest BCUT2D eigenvalue weighted by atomic mass is 9.92. The summed E-state index contributed by atoms with van der Waals surface area (Å²) in [4.78, 5) is 17.4. The number of carbonyl (C=O) groups excluding carboxylic acids is 1. The summed E-state index contributed by atoms with van der Waals surface area (Å²) in [6.07, 6.45) is -0.104. The third-order valence-corrected chi connectivity index (χ3v) is 4.94. The normalized spacial score (nSPS) is 13.7. The Balaban J connectivity index is 1.97. The number of hydrogen-bond donors (Lipinski definition) is 2. The molecule has 1 heterocycles. The van der Waals surface area contributed by atoms with Gasteiger partial charge >= 0.3 is 0 Å². The maximum Gasteiger partial charge on any atom is 0.229 e. The molecule has 1 atom stereocenters. The number of rotatable bonds is 4. The predicted molar refractivity (Wildman–Crippen MR) is 113 cm³/mol. The summed E-state index contributed by atoms with van der Waals surface area (Å²) in [5.74, 6) is 0.0627. The van der Waals surface area contributed by atoms with Crippen molar-refractivity contribution in [3.63, 3.8) is 0 Å². The van der Waals surface area contributed by atoms with Crippen LogP contribution in [0.25, 0.3) is 11.0 Å². The highest BCUT2D eigenvalue weighted by molar-refractivity contribution is 5.92. The number of hydrogen-bond acceptors (Lipinski definition) is 4. The second-order valence-electron chi connectivity index (χ2n) is 8.57. The average Bonchev–Trinajstić information content (AvgIpc) is 2.97. The number of aliphatic hydroxyl groups is 1. The van der Waals surface area contributed by atoms with Crippen molar-refractivity contribution < 1.29 is 9.90 Å². The summed E-state index contributed by atoms with van der Waals surface area (Å²) >= 11 is 0. The molecule has 29 heavy (non-hydrogen) atoms. The zero-order chi connectivity index (χ0) is 21.4. The van der Waals surface area contributed by atoms with Crippen LogP contribution < -0.4 is 5.32 Å². The lowest BCUT2D eigenvalue weighted by Crippen LogP contribution is -2.31. The average molecular weight is 390 g/mol. The molecule has 0 aliphatic carbocycles. The van der Waals surface area contributed by atoms with Gasteiger partial charge in [-0.05, 0) is 57.9 Å². The van der Waals surface area contributed by atoms with Crippen LogP contribution in [0.3, 0.4) is 0 Å². The minimum Gasteiger partial charge on any atom is -0.385 e. The van der Waals surface area contributed by atoms with Crippen LogP contribution in [0.5, 0.6) is 0 Å². The summed E-state index contributed by atoms with van der Waals surface area (Å²) in [6.45, 7) is 9.52. The van der Waals surface area contributed by atoms with Crippen LogP contribution >= 0.6 is 0 Å². The van der Waals surface area contributed by atoms with Crippen molar-refractivity contribution in [2.24, 2.45) is 0 Å². The molecular weight excluding hydrogens is 364 g/mol. The van der Waals surface area contributed by atoms with Gasteiger partial charge in [0.2, 0.25) is 11.9 Å². The van der Waals surface area contributed by atoms with Gasteiger partial charge in [-0.2, -0.15) is 5.26 Å². The molecule has 6 heteroatoms. The maximum absolute atomic E-state index is 12.8. The number of benzene rings is 2. The molecule has 2 N–H and O–H groups in total. The highest BCUT2D eigenvalue weighted by Crippen LogP contribution is 2.31. The van der Waals surface area contributed by atoms with Crippen LogP contribution in [0.4, 0.5) is 5.95 Å². The smallest absolute Gasteiger partial charge is 0.229 e.